The minimum atomic E-state index is -1.13. The molecule has 118 valence electrons. The highest BCUT2D eigenvalue weighted by Crippen LogP contribution is 2.38. The molecule has 0 fully saturated rings. The summed E-state index contributed by atoms with van der Waals surface area (Å²) in [6.45, 7) is 1.21. The van der Waals surface area contributed by atoms with E-state index in [0.717, 1.165) is 33.2 Å². The van der Waals surface area contributed by atoms with Crippen LogP contribution < -0.4 is 4.90 Å². The van der Waals surface area contributed by atoms with Crippen molar-refractivity contribution in [2.75, 3.05) is 23.7 Å². The molecule has 1 N–H and O–H groups in total. The Labute approximate surface area is 146 Å². The van der Waals surface area contributed by atoms with Crippen molar-refractivity contribution in [3.8, 4) is 0 Å². The summed E-state index contributed by atoms with van der Waals surface area (Å²) in [6, 6.07) is 14.2. The van der Waals surface area contributed by atoms with Gasteiger partial charge >= 0.3 is 5.17 Å². The summed E-state index contributed by atoms with van der Waals surface area (Å²) in [7, 11) is 0. The van der Waals surface area contributed by atoms with Gasteiger partial charge in [0.1, 0.15) is 11.5 Å². The number of benzene rings is 2. The van der Waals surface area contributed by atoms with Gasteiger partial charge in [-0.2, -0.15) is 0 Å². The van der Waals surface area contributed by atoms with Gasteiger partial charge in [-0.05, 0) is 60.3 Å². The molecule has 0 aromatic heterocycles. The molecule has 1 unspecified atom stereocenters. The van der Waals surface area contributed by atoms with Crippen LogP contribution in [0.3, 0.4) is 0 Å². The van der Waals surface area contributed by atoms with E-state index in [-0.39, 0.29) is 5.82 Å². The van der Waals surface area contributed by atoms with E-state index in [2.05, 4.69) is 20.8 Å². The van der Waals surface area contributed by atoms with Crippen molar-refractivity contribution in [2.24, 2.45) is 0 Å². The van der Waals surface area contributed by atoms with Crippen LogP contribution in [0.25, 0.3) is 0 Å². The number of rotatable bonds is 2. The topological polar surface area (TPSA) is 26.5 Å². The van der Waals surface area contributed by atoms with E-state index < -0.39 is 5.72 Å². The van der Waals surface area contributed by atoms with Crippen molar-refractivity contribution < 1.29 is 14.1 Å². The number of anilines is 1. The Morgan fingerprint density at radius 1 is 1.13 bits per heavy atom. The molecule has 0 bridgehead atoms. The molecule has 23 heavy (non-hydrogen) atoms. The largest absolute Gasteiger partial charge is 0.346 e. The molecule has 6 heteroatoms. The molecule has 0 saturated heterocycles. The summed E-state index contributed by atoms with van der Waals surface area (Å²) in [5, 5.41) is 12.4. The van der Waals surface area contributed by atoms with Crippen molar-refractivity contribution in [1.82, 2.24) is 0 Å². The number of nitrogens with zero attached hydrogens (tertiary/aromatic N) is 2. The van der Waals surface area contributed by atoms with Gasteiger partial charge in [-0.25, -0.2) is 13.9 Å². The van der Waals surface area contributed by atoms with E-state index in [9.17, 15) is 9.50 Å². The molecule has 2 heterocycles. The number of aliphatic hydroxyl groups is 1. The van der Waals surface area contributed by atoms with Gasteiger partial charge in [0.15, 0.2) is 6.54 Å². The lowest BCUT2D eigenvalue weighted by molar-refractivity contribution is -0.650. The van der Waals surface area contributed by atoms with Gasteiger partial charge in [0.05, 0.1) is 6.54 Å². The first-order valence-corrected chi connectivity index (χ1v) is 9.15. The monoisotopic (exact) mass is 393 g/mol. The normalized spacial score (nSPS) is 23.5. The molecule has 2 aromatic rings. The Hall–Kier alpha value is -1.37. The highest BCUT2D eigenvalue weighted by molar-refractivity contribution is 9.10. The fourth-order valence-electron chi connectivity index (χ4n) is 3.13. The van der Waals surface area contributed by atoms with E-state index in [4.69, 9.17) is 0 Å². The molecule has 0 amide bonds. The number of hydrogen-bond donors (Lipinski definition) is 1. The zero-order valence-electron chi connectivity index (χ0n) is 12.2. The minimum Gasteiger partial charge on any atom is -0.346 e. The molecule has 2 aliphatic heterocycles. The number of amidine groups is 1. The summed E-state index contributed by atoms with van der Waals surface area (Å²) in [6.07, 6.45) is 0. The van der Waals surface area contributed by atoms with Gasteiger partial charge in [0.2, 0.25) is 0 Å². The zero-order valence-corrected chi connectivity index (χ0v) is 14.6. The predicted octanol–water partition coefficient (Wildman–Crippen LogP) is 3.37. The fourth-order valence-corrected chi connectivity index (χ4v) is 4.57. The first-order chi connectivity index (χ1) is 11.1. The molecule has 0 radical (unpaired) electrons. The second kappa shape index (κ2) is 5.61. The molecule has 3 nitrogen and oxygen atoms in total. The summed E-state index contributed by atoms with van der Waals surface area (Å²) in [5.41, 5.74) is 0.638. The molecule has 2 aromatic carbocycles. The lowest BCUT2D eigenvalue weighted by Crippen LogP contribution is -2.41. The van der Waals surface area contributed by atoms with Crippen LogP contribution in [-0.4, -0.2) is 33.7 Å². The van der Waals surface area contributed by atoms with E-state index >= 15 is 0 Å². The third kappa shape index (κ3) is 2.49. The highest BCUT2D eigenvalue weighted by Gasteiger charge is 2.54. The summed E-state index contributed by atoms with van der Waals surface area (Å²) in [4.78, 5) is 2.13. The van der Waals surface area contributed by atoms with E-state index in [1.54, 1.807) is 23.9 Å². The van der Waals surface area contributed by atoms with Crippen LogP contribution in [0.5, 0.6) is 0 Å². The van der Waals surface area contributed by atoms with Crippen molar-refractivity contribution in [3.63, 3.8) is 0 Å². The lowest BCUT2D eigenvalue weighted by Gasteiger charge is -2.23. The quantitative estimate of drug-likeness (QED) is 0.792. The summed E-state index contributed by atoms with van der Waals surface area (Å²) >= 11 is 5.19. The Morgan fingerprint density at radius 3 is 2.52 bits per heavy atom. The zero-order chi connectivity index (χ0) is 16.0. The number of hydrogen-bond acceptors (Lipinski definition) is 3. The number of β-amino-alcohol motifs (C(OH)–C–C–N with tert-alkyl or cyclic N) is 1. The van der Waals surface area contributed by atoms with E-state index in [1.165, 1.54) is 12.1 Å². The third-order valence-corrected chi connectivity index (χ3v) is 5.89. The Kier molecular flexibility index (Phi) is 3.70. The molecule has 4 rings (SSSR count). The first kappa shape index (κ1) is 15.2. The van der Waals surface area contributed by atoms with Crippen molar-refractivity contribution in [2.45, 2.75) is 5.72 Å². The van der Waals surface area contributed by atoms with Gasteiger partial charge in [-0.15, -0.1) is 0 Å². The standard InChI is InChI=1S/C17H15BrFN2OS/c18-13-3-7-15(8-4-13)20-11-17(22,21-9-10-23-16(20)21)12-1-5-14(19)6-2-12/h1-8,22H,9-11H2/q+1. The first-order valence-electron chi connectivity index (χ1n) is 7.37. The smallest absolute Gasteiger partial charge is 0.316 e. The van der Waals surface area contributed by atoms with Crippen molar-refractivity contribution in [3.05, 3.63) is 64.4 Å². The van der Waals surface area contributed by atoms with Gasteiger partial charge < -0.3 is 5.11 Å². The highest BCUT2D eigenvalue weighted by atomic mass is 79.9. The lowest BCUT2D eigenvalue weighted by atomic mass is 10.0. The molecule has 1 atom stereocenters. The van der Waals surface area contributed by atoms with Crippen LogP contribution in [-0.2, 0) is 5.72 Å². The second-order valence-electron chi connectivity index (χ2n) is 5.67. The van der Waals surface area contributed by atoms with E-state index in [1.807, 2.05) is 28.8 Å². The molecular formula is C17H15BrFN2OS+. The van der Waals surface area contributed by atoms with Gasteiger partial charge in [0.25, 0.3) is 5.72 Å². The Bertz CT molecular complexity index is 778. The minimum absolute atomic E-state index is 0.292. The van der Waals surface area contributed by atoms with Crippen LogP contribution in [0.1, 0.15) is 5.56 Å². The van der Waals surface area contributed by atoms with Crippen molar-refractivity contribution in [1.29, 1.82) is 0 Å². The SMILES string of the molecule is OC1(c2ccc(F)cc2)CN(c2ccc(Br)cc2)C2=[N+]1CCS2. The van der Waals surface area contributed by atoms with Crippen LogP contribution in [0.15, 0.2) is 53.0 Å². The average molecular weight is 394 g/mol. The van der Waals surface area contributed by atoms with Gasteiger partial charge in [-0.3, -0.25) is 0 Å². The predicted molar refractivity (Wildman–Crippen MR) is 94.4 cm³/mol. The van der Waals surface area contributed by atoms with Crippen LogP contribution in [0.2, 0.25) is 0 Å². The van der Waals surface area contributed by atoms with Gasteiger partial charge in [0, 0.05) is 15.8 Å². The van der Waals surface area contributed by atoms with Crippen LogP contribution in [0.4, 0.5) is 10.1 Å². The molecule has 2 aliphatic rings. The van der Waals surface area contributed by atoms with Crippen LogP contribution >= 0.6 is 27.7 Å². The van der Waals surface area contributed by atoms with Crippen LogP contribution in [0, 0.1) is 5.82 Å². The molecule has 0 spiro atoms. The summed E-state index contributed by atoms with van der Waals surface area (Å²) < 4.78 is 16.3. The van der Waals surface area contributed by atoms with Gasteiger partial charge in [-0.1, -0.05) is 15.9 Å². The second-order valence-corrected chi connectivity index (χ2v) is 7.65. The molecule has 0 aliphatic carbocycles. The molecular weight excluding hydrogens is 379 g/mol. The Morgan fingerprint density at radius 2 is 1.83 bits per heavy atom. The fraction of sp³-hybridized carbons (Fsp3) is 0.235. The third-order valence-electron chi connectivity index (χ3n) is 4.28. The maximum Gasteiger partial charge on any atom is 0.316 e. The maximum atomic E-state index is 13.2. The number of thioether (sulfide) groups is 1. The van der Waals surface area contributed by atoms with Crippen molar-refractivity contribution >= 4 is 38.5 Å². The number of halogens is 2. The van der Waals surface area contributed by atoms with E-state index in [0.29, 0.717) is 6.54 Å². The average Bonchev–Trinajstić information content (AvgIpc) is 3.13. The Balaban J connectivity index is 1.76. The summed E-state index contributed by atoms with van der Waals surface area (Å²) in [5.74, 6) is 0.645. The maximum absolute atomic E-state index is 13.2. The molecule has 0 saturated carbocycles.